The number of urea groups is 1. The van der Waals surface area contributed by atoms with Gasteiger partial charge in [0.15, 0.2) is 5.82 Å². The number of hydrogen-bond acceptors (Lipinski definition) is 4. The zero-order valence-corrected chi connectivity index (χ0v) is 14.3. The minimum atomic E-state index is -0.225. The van der Waals surface area contributed by atoms with Crippen molar-refractivity contribution in [2.24, 2.45) is 0 Å². The molecule has 3 heterocycles. The molecule has 7 heteroatoms. The fourth-order valence-electron chi connectivity index (χ4n) is 3.21. The highest BCUT2D eigenvalue weighted by Crippen LogP contribution is 2.21. The number of nitrogens with one attached hydrogen (secondary N) is 1. The third-order valence-electron chi connectivity index (χ3n) is 4.92. The van der Waals surface area contributed by atoms with Gasteiger partial charge in [-0.05, 0) is 19.8 Å². The Bertz CT molecular complexity index is 573. The van der Waals surface area contributed by atoms with E-state index in [1.807, 2.05) is 9.58 Å². The summed E-state index contributed by atoms with van der Waals surface area (Å²) in [7, 11) is 0. The molecular formula is C16H27N5O2. The van der Waals surface area contributed by atoms with Crippen molar-refractivity contribution in [1.82, 2.24) is 25.0 Å². The van der Waals surface area contributed by atoms with Gasteiger partial charge in [0.2, 0.25) is 0 Å². The van der Waals surface area contributed by atoms with Gasteiger partial charge in [-0.15, -0.1) is 0 Å². The Morgan fingerprint density at radius 2 is 2.30 bits per heavy atom. The second-order valence-corrected chi connectivity index (χ2v) is 6.74. The van der Waals surface area contributed by atoms with E-state index in [-0.39, 0.29) is 17.7 Å². The minimum Gasteiger partial charge on any atom is -0.372 e. The number of carbonyl (C=O) groups is 1. The van der Waals surface area contributed by atoms with Gasteiger partial charge in [0, 0.05) is 19.4 Å². The molecule has 1 saturated heterocycles. The SMILES string of the molecule is CCc1nc2n(n1)C[C@@H](NC(=O)N1CCO[C@@](C)(CC)C1)CC2. The van der Waals surface area contributed by atoms with Crippen LogP contribution in [0.3, 0.4) is 0 Å². The van der Waals surface area contributed by atoms with Crippen LogP contribution in [0.2, 0.25) is 0 Å². The smallest absolute Gasteiger partial charge is 0.317 e. The van der Waals surface area contributed by atoms with E-state index >= 15 is 0 Å². The lowest BCUT2D eigenvalue weighted by Gasteiger charge is -2.40. The average Bonchev–Trinajstić information content (AvgIpc) is 2.97. The monoisotopic (exact) mass is 321 g/mol. The van der Waals surface area contributed by atoms with Crippen LogP contribution in [0.4, 0.5) is 4.79 Å². The van der Waals surface area contributed by atoms with Gasteiger partial charge in [-0.25, -0.2) is 14.5 Å². The fraction of sp³-hybridized carbons (Fsp3) is 0.812. The highest BCUT2D eigenvalue weighted by molar-refractivity contribution is 5.74. The number of amides is 2. The summed E-state index contributed by atoms with van der Waals surface area (Å²) in [6.45, 7) is 8.85. The van der Waals surface area contributed by atoms with Crippen molar-refractivity contribution in [3.05, 3.63) is 11.6 Å². The molecule has 1 aromatic heterocycles. The van der Waals surface area contributed by atoms with Crippen LogP contribution >= 0.6 is 0 Å². The van der Waals surface area contributed by atoms with Gasteiger partial charge >= 0.3 is 6.03 Å². The predicted octanol–water partition coefficient (Wildman–Crippen LogP) is 1.37. The second-order valence-electron chi connectivity index (χ2n) is 6.74. The second kappa shape index (κ2) is 6.47. The topological polar surface area (TPSA) is 72.3 Å². The van der Waals surface area contributed by atoms with E-state index in [2.05, 4.69) is 36.2 Å². The highest BCUT2D eigenvalue weighted by Gasteiger charge is 2.33. The van der Waals surface area contributed by atoms with Crippen LogP contribution in [0.15, 0.2) is 0 Å². The maximum absolute atomic E-state index is 12.6. The average molecular weight is 321 g/mol. The van der Waals surface area contributed by atoms with Crippen LogP contribution in [-0.4, -0.2) is 57.0 Å². The standard InChI is InChI=1S/C16H27N5O2/c1-4-13-18-14-7-6-12(10-21(14)19-13)17-15(22)20-8-9-23-16(3,5-2)11-20/h12H,4-11H2,1-3H3,(H,17,22)/t12-,16-/m0/s1. The van der Waals surface area contributed by atoms with Crippen LogP contribution in [0.5, 0.6) is 0 Å². The van der Waals surface area contributed by atoms with Crippen LogP contribution in [0.25, 0.3) is 0 Å². The van der Waals surface area contributed by atoms with Gasteiger partial charge in [-0.1, -0.05) is 13.8 Å². The number of carbonyl (C=O) groups excluding carboxylic acids is 1. The number of morpholine rings is 1. The van der Waals surface area contributed by atoms with Crippen molar-refractivity contribution in [3.63, 3.8) is 0 Å². The first-order valence-corrected chi connectivity index (χ1v) is 8.65. The quantitative estimate of drug-likeness (QED) is 0.912. The summed E-state index contributed by atoms with van der Waals surface area (Å²) in [5, 5.41) is 7.66. The van der Waals surface area contributed by atoms with E-state index in [1.54, 1.807) is 0 Å². The number of hydrogen-bond donors (Lipinski definition) is 1. The van der Waals surface area contributed by atoms with Crippen molar-refractivity contribution >= 4 is 6.03 Å². The first-order chi connectivity index (χ1) is 11.0. The summed E-state index contributed by atoms with van der Waals surface area (Å²) in [6.07, 6.45) is 3.54. The van der Waals surface area contributed by atoms with Crippen molar-refractivity contribution in [2.45, 2.75) is 64.6 Å². The molecule has 3 rings (SSSR count). The molecule has 1 fully saturated rings. The molecule has 128 valence electrons. The van der Waals surface area contributed by atoms with E-state index in [1.165, 1.54) is 0 Å². The predicted molar refractivity (Wildman–Crippen MR) is 86.3 cm³/mol. The van der Waals surface area contributed by atoms with E-state index < -0.39 is 0 Å². The molecule has 0 spiro atoms. The highest BCUT2D eigenvalue weighted by atomic mass is 16.5. The number of ether oxygens (including phenoxy) is 1. The van der Waals surface area contributed by atoms with Gasteiger partial charge in [-0.2, -0.15) is 5.10 Å². The summed E-state index contributed by atoms with van der Waals surface area (Å²) < 4.78 is 7.75. The molecule has 23 heavy (non-hydrogen) atoms. The molecule has 2 aliphatic rings. The Morgan fingerprint density at radius 1 is 1.48 bits per heavy atom. The van der Waals surface area contributed by atoms with Crippen LogP contribution in [0, 0.1) is 0 Å². The summed E-state index contributed by atoms with van der Waals surface area (Å²) in [5.41, 5.74) is -0.225. The Morgan fingerprint density at radius 3 is 3.04 bits per heavy atom. The summed E-state index contributed by atoms with van der Waals surface area (Å²) in [6, 6.07) is 0.134. The molecule has 2 aliphatic heterocycles. The first-order valence-electron chi connectivity index (χ1n) is 8.65. The normalized spacial score (nSPS) is 27.6. The summed E-state index contributed by atoms with van der Waals surface area (Å²) in [5.74, 6) is 1.93. The molecule has 1 N–H and O–H groups in total. The molecule has 0 bridgehead atoms. The van der Waals surface area contributed by atoms with E-state index in [4.69, 9.17) is 4.74 Å². The van der Waals surface area contributed by atoms with E-state index in [9.17, 15) is 4.79 Å². The Balaban J connectivity index is 1.58. The van der Waals surface area contributed by atoms with Crippen molar-refractivity contribution in [2.75, 3.05) is 19.7 Å². The lowest BCUT2D eigenvalue weighted by Crippen LogP contribution is -2.56. The maximum Gasteiger partial charge on any atom is 0.317 e. The van der Waals surface area contributed by atoms with Gasteiger partial charge in [0.25, 0.3) is 0 Å². The van der Waals surface area contributed by atoms with E-state index in [0.717, 1.165) is 37.3 Å². The minimum absolute atomic E-state index is 0.0113. The number of aryl methyl sites for hydroxylation is 2. The Hall–Kier alpha value is -1.63. The van der Waals surface area contributed by atoms with Crippen LogP contribution in [-0.2, 0) is 24.1 Å². The molecule has 0 unspecified atom stereocenters. The first kappa shape index (κ1) is 16.2. The molecule has 7 nitrogen and oxygen atoms in total. The zero-order valence-electron chi connectivity index (χ0n) is 14.3. The molecule has 1 aromatic rings. The van der Waals surface area contributed by atoms with Gasteiger partial charge < -0.3 is 15.0 Å². The van der Waals surface area contributed by atoms with Crippen LogP contribution < -0.4 is 5.32 Å². The summed E-state index contributed by atoms with van der Waals surface area (Å²) in [4.78, 5) is 18.9. The van der Waals surface area contributed by atoms with E-state index in [0.29, 0.717) is 26.2 Å². The van der Waals surface area contributed by atoms with Gasteiger partial charge in [0.1, 0.15) is 5.82 Å². The van der Waals surface area contributed by atoms with Crippen molar-refractivity contribution < 1.29 is 9.53 Å². The number of aromatic nitrogens is 3. The molecule has 2 atom stereocenters. The molecule has 0 radical (unpaired) electrons. The maximum atomic E-state index is 12.6. The fourth-order valence-corrected chi connectivity index (χ4v) is 3.21. The lowest BCUT2D eigenvalue weighted by atomic mass is 10.0. The molecular weight excluding hydrogens is 294 g/mol. The van der Waals surface area contributed by atoms with Crippen LogP contribution in [0.1, 0.15) is 45.3 Å². The van der Waals surface area contributed by atoms with Gasteiger partial charge in [0.05, 0.1) is 31.3 Å². The third kappa shape index (κ3) is 3.49. The zero-order chi connectivity index (χ0) is 16.4. The lowest BCUT2D eigenvalue weighted by molar-refractivity contribution is -0.0875. The Kier molecular flexibility index (Phi) is 4.57. The number of fused-ring (bicyclic) bond motifs is 1. The largest absolute Gasteiger partial charge is 0.372 e. The molecule has 2 amide bonds. The molecule has 0 saturated carbocycles. The third-order valence-corrected chi connectivity index (χ3v) is 4.92. The molecule has 0 aromatic carbocycles. The van der Waals surface area contributed by atoms with Gasteiger partial charge in [-0.3, -0.25) is 0 Å². The summed E-state index contributed by atoms with van der Waals surface area (Å²) >= 11 is 0. The number of rotatable bonds is 3. The molecule has 0 aliphatic carbocycles. The van der Waals surface area contributed by atoms with Crippen molar-refractivity contribution in [3.8, 4) is 0 Å². The number of nitrogens with zero attached hydrogens (tertiary/aromatic N) is 4. The Labute approximate surface area is 137 Å². The van der Waals surface area contributed by atoms with Crippen molar-refractivity contribution in [1.29, 1.82) is 0 Å².